The van der Waals surface area contributed by atoms with Crippen molar-refractivity contribution in [1.82, 2.24) is 4.90 Å². The van der Waals surface area contributed by atoms with Crippen LogP contribution in [-0.4, -0.2) is 30.6 Å². The summed E-state index contributed by atoms with van der Waals surface area (Å²) in [5.41, 5.74) is 0. The van der Waals surface area contributed by atoms with Crippen LogP contribution in [0.2, 0.25) is 0 Å². The van der Waals surface area contributed by atoms with Crippen LogP contribution in [-0.2, 0) is 0 Å². The third-order valence-corrected chi connectivity index (χ3v) is 3.56. The van der Waals surface area contributed by atoms with E-state index in [0.29, 0.717) is 19.1 Å². The highest BCUT2D eigenvalue weighted by atomic mass is 79.9. The molecule has 0 spiro atoms. The number of hydrogen-bond donors (Lipinski definition) is 0. The van der Waals surface area contributed by atoms with Crippen LogP contribution in [0, 0.1) is 11.3 Å². The summed E-state index contributed by atoms with van der Waals surface area (Å²) in [7, 11) is 0. The first-order valence-electron chi connectivity index (χ1n) is 6.29. The van der Waals surface area contributed by atoms with E-state index in [9.17, 15) is 0 Å². The smallest absolute Gasteiger partial charge is 0.119 e. The Labute approximate surface area is 116 Å². The molecule has 0 unspecified atom stereocenters. The molecule has 0 saturated heterocycles. The molecule has 0 radical (unpaired) electrons. The van der Waals surface area contributed by atoms with Crippen molar-refractivity contribution in [3.63, 3.8) is 0 Å². The highest BCUT2D eigenvalue weighted by Crippen LogP contribution is 2.26. The van der Waals surface area contributed by atoms with Gasteiger partial charge in [-0.05, 0) is 37.1 Å². The van der Waals surface area contributed by atoms with E-state index in [-0.39, 0.29) is 0 Å². The van der Waals surface area contributed by atoms with E-state index in [4.69, 9.17) is 10.00 Å². The first-order chi connectivity index (χ1) is 8.79. The van der Waals surface area contributed by atoms with Crippen molar-refractivity contribution < 1.29 is 4.74 Å². The van der Waals surface area contributed by atoms with Gasteiger partial charge in [0.1, 0.15) is 12.4 Å². The lowest BCUT2D eigenvalue weighted by molar-refractivity contribution is 0.204. The fourth-order valence-corrected chi connectivity index (χ4v) is 2.19. The molecule has 0 aliphatic heterocycles. The summed E-state index contributed by atoms with van der Waals surface area (Å²) >= 11 is 3.40. The van der Waals surface area contributed by atoms with E-state index >= 15 is 0 Å². The molecule has 0 bridgehead atoms. The summed E-state index contributed by atoms with van der Waals surface area (Å²) in [5, 5.41) is 8.63. The third-order valence-electron chi connectivity index (χ3n) is 3.03. The maximum absolute atomic E-state index is 8.63. The van der Waals surface area contributed by atoms with E-state index < -0.39 is 0 Å². The molecule has 0 heterocycles. The van der Waals surface area contributed by atoms with Crippen molar-refractivity contribution in [2.24, 2.45) is 0 Å². The summed E-state index contributed by atoms with van der Waals surface area (Å²) in [5.74, 6) is 0.897. The second-order valence-corrected chi connectivity index (χ2v) is 5.39. The Morgan fingerprint density at radius 1 is 1.28 bits per heavy atom. The van der Waals surface area contributed by atoms with E-state index in [1.54, 1.807) is 0 Å². The highest BCUT2D eigenvalue weighted by Gasteiger charge is 2.28. The molecular formula is C14H17BrN2O. The van der Waals surface area contributed by atoms with E-state index in [1.165, 1.54) is 12.8 Å². The Hall–Kier alpha value is -1.05. The van der Waals surface area contributed by atoms with Crippen molar-refractivity contribution >= 4 is 15.9 Å². The van der Waals surface area contributed by atoms with Crippen LogP contribution in [0.25, 0.3) is 0 Å². The molecule has 4 heteroatoms. The fraction of sp³-hybridized carbons (Fsp3) is 0.500. The average Bonchev–Trinajstić information content (AvgIpc) is 3.20. The molecule has 96 valence electrons. The van der Waals surface area contributed by atoms with Gasteiger partial charge in [-0.3, -0.25) is 4.90 Å². The van der Waals surface area contributed by atoms with Crippen molar-refractivity contribution in [3.8, 4) is 11.8 Å². The van der Waals surface area contributed by atoms with Gasteiger partial charge in [0.15, 0.2) is 0 Å². The molecule has 0 aromatic heterocycles. The van der Waals surface area contributed by atoms with Crippen molar-refractivity contribution in [2.75, 3.05) is 19.7 Å². The second kappa shape index (κ2) is 6.77. The van der Waals surface area contributed by atoms with Crippen molar-refractivity contribution in [3.05, 3.63) is 28.7 Å². The molecule has 1 aromatic rings. The van der Waals surface area contributed by atoms with Gasteiger partial charge in [-0.1, -0.05) is 15.9 Å². The van der Waals surface area contributed by atoms with Gasteiger partial charge >= 0.3 is 0 Å². The Morgan fingerprint density at radius 2 is 2.00 bits per heavy atom. The minimum atomic E-state index is 0.606. The predicted molar refractivity (Wildman–Crippen MR) is 74.5 cm³/mol. The number of benzene rings is 1. The molecule has 0 N–H and O–H groups in total. The van der Waals surface area contributed by atoms with Gasteiger partial charge in [0.2, 0.25) is 0 Å². The third kappa shape index (κ3) is 4.32. The standard InChI is InChI=1S/C14H17BrN2O/c15-12-2-6-14(7-3-12)18-11-10-17(9-1-8-16)13-4-5-13/h2-3,6-7,13H,1,4-5,9-11H2. The number of nitriles is 1. The number of ether oxygens (including phenoxy) is 1. The first kappa shape index (κ1) is 13.4. The van der Waals surface area contributed by atoms with Gasteiger partial charge in [-0.25, -0.2) is 0 Å². The molecule has 1 aliphatic rings. The van der Waals surface area contributed by atoms with Gasteiger partial charge in [-0.2, -0.15) is 5.26 Å². The lowest BCUT2D eigenvalue weighted by atomic mass is 10.3. The van der Waals surface area contributed by atoms with E-state index in [2.05, 4.69) is 26.9 Å². The lowest BCUT2D eigenvalue weighted by Gasteiger charge is -2.20. The predicted octanol–water partition coefficient (Wildman–Crippen LogP) is 3.21. The Kier molecular flexibility index (Phi) is 5.03. The summed E-state index contributed by atoms with van der Waals surface area (Å²) in [6, 6.07) is 10.8. The number of nitrogens with zero attached hydrogens (tertiary/aromatic N) is 2. The van der Waals surface area contributed by atoms with E-state index in [0.717, 1.165) is 23.3 Å². The monoisotopic (exact) mass is 308 g/mol. The summed E-state index contributed by atoms with van der Waals surface area (Å²) in [4.78, 5) is 2.36. The van der Waals surface area contributed by atoms with Crippen molar-refractivity contribution in [2.45, 2.75) is 25.3 Å². The quantitative estimate of drug-likeness (QED) is 0.776. The van der Waals surface area contributed by atoms with Gasteiger partial charge < -0.3 is 4.74 Å². The lowest BCUT2D eigenvalue weighted by Crippen LogP contribution is -2.31. The van der Waals surface area contributed by atoms with Gasteiger partial charge in [0, 0.05) is 30.0 Å². The zero-order valence-corrected chi connectivity index (χ0v) is 11.9. The molecule has 0 amide bonds. The van der Waals surface area contributed by atoms with Crippen LogP contribution in [0.3, 0.4) is 0 Å². The zero-order chi connectivity index (χ0) is 12.8. The average molecular weight is 309 g/mol. The summed E-state index contributed by atoms with van der Waals surface area (Å²) in [6.45, 7) is 2.46. The molecule has 1 aromatic carbocycles. The maximum Gasteiger partial charge on any atom is 0.119 e. The Bertz CT molecular complexity index is 409. The fourth-order valence-electron chi connectivity index (χ4n) is 1.92. The minimum Gasteiger partial charge on any atom is -0.492 e. The molecule has 1 fully saturated rings. The summed E-state index contributed by atoms with van der Waals surface area (Å²) in [6.07, 6.45) is 3.14. The highest BCUT2D eigenvalue weighted by molar-refractivity contribution is 9.10. The minimum absolute atomic E-state index is 0.606. The molecule has 1 saturated carbocycles. The largest absolute Gasteiger partial charge is 0.492 e. The van der Waals surface area contributed by atoms with Gasteiger partial charge in [-0.15, -0.1) is 0 Å². The van der Waals surface area contributed by atoms with Crippen LogP contribution in [0.5, 0.6) is 5.75 Å². The van der Waals surface area contributed by atoms with Crippen LogP contribution >= 0.6 is 15.9 Å². The SMILES string of the molecule is N#CCCN(CCOc1ccc(Br)cc1)C1CC1. The molecule has 1 aliphatic carbocycles. The Morgan fingerprint density at radius 3 is 2.61 bits per heavy atom. The number of rotatable bonds is 7. The van der Waals surface area contributed by atoms with Crippen LogP contribution < -0.4 is 4.74 Å². The van der Waals surface area contributed by atoms with Crippen LogP contribution in [0.15, 0.2) is 28.7 Å². The van der Waals surface area contributed by atoms with Gasteiger partial charge in [0.25, 0.3) is 0 Å². The van der Waals surface area contributed by atoms with Crippen LogP contribution in [0.1, 0.15) is 19.3 Å². The van der Waals surface area contributed by atoms with Crippen molar-refractivity contribution in [1.29, 1.82) is 5.26 Å². The first-order valence-corrected chi connectivity index (χ1v) is 7.08. The Balaban J connectivity index is 1.72. The topological polar surface area (TPSA) is 36.3 Å². The molecular weight excluding hydrogens is 292 g/mol. The molecule has 3 nitrogen and oxygen atoms in total. The molecule has 0 atom stereocenters. The van der Waals surface area contributed by atoms with E-state index in [1.807, 2.05) is 24.3 Å². The number of halogens is 1. The summed E-state index contributed by atoms with van der Waals surface area (Å²) < 4.78 is 6.76. The maximum atomic E-state index is 8.63. The molecule has 18 heavy (non-hydrogen) atoms. The van der Waals surface area contributed by atoms with Gasteiger partial charge in [0.05, 0.1) is 6.07 Å². The normalized spacial score (nSPS) is 14.5. The second-order valence-electron chi connectivity index (χ2n) is 4.48. The number of hydrogen-bond acceptors (Lipinski definition) is 3. The van der Waals surface area contributed by atoms with Crippen LogP contribution in [0.4, 0.5) is 0 Å². The molecule has 2 rings (SSSR count). The zero-order valence-electron chi connectivity index (χ0n) is 10.3.